The van der Waals surface area contributed by atoms with E-state index >= 15 is 0 Å². The first-order valence-electron chi connectivity index (χ1n) is 5.62. The number of hydrogen-bond donors (Lipinski definition) is 2. The molecule has 1 aliphatic heterocycles. The van der Waals surface area contributed by atoms with Gasteiger partial charge in [0.1, 0.15) is 11.6 Å². The second-order valence-electron chi connectivity index (χ2n) is 4.05. The first-order valence-corrected chi connectivity index (χ1v) is 5.62. The van der Waals surface area contributed by atoms with Crippen LogP contribution in [0.4, 0.5) is 4.39 Å². The molecule has 4 nitrogen and oxygen atoms in total. The molecule has 0 amide bonds. The highest BCUT2D eigenvalue weighted by molar-refractivity contribution is 5.37. The molecule has 17 heavy (non-hydrogen) atoms. The Labute approximate surface area is 99.9 Å². The third-order valence-corrected chi connectivity index (χ3v) is 2.93. The van der Waals surface area contributed by atoms with E-state index in [0.717, 1.165) is 6.54 Å². The van der Waals surface area contributed by atoms with Crippen LogP contribution >= 0.6 is 0 Å². The molecule has 0 saturated carbocycles. The molecule has 0 bridgehead atoms. The van der Waals surface area contributed by atoms with Crippen LogP contribution in [0.1, 0.15) is 11.6 Å². The van der Waals surface area contributed by atoms with Crippen LogP contribution in [0.15, 0.2) is 18.2 Å². The number of nitrogens with two attached hydrogens (primary N) is 1. The van der Waals surface area contributed by atoms with Crippen LogP contribution in [0.25, 0.3) is 0 Å². The van der Waals surface area contributed by atoms with E-state index in [1.807, 2.05) is 0 Å². The van der Waals surface area contributed by atoms with E-state index < -0.39 is 0 Å². The molecular formula is C12H17FN2O2. The van der Waals surface area contributed by atoms with Gasteiger partial charge in [-0.15, -0.1) is 0 Å². The van der Waals surface area contributed by atoms with Crippen molar-refractivity contribution in [1.29, 1.82) is 0 Å². The molecule has 1 aliphatic rings. The Morgan fingerprint density at radius 2 is 2.41 bits per heavy atom. The first-order chi connectivity index (χ1) is 8.22. The lowest BCUT2D eigenvalue weighted by Gasteiger charge is -2.29. The van der Waals surface area contributed by atoms with Gasteiger partial charge in [0.25, 0.3) is 0 Å². The van der Waals surface area contributed by atoms with Crippen molar-refractivity contribution in [3.8, 4) is 5.75 Å². The number of ether oxygens (including phenoxy) is 2. The van der Waals surface area contributed by atoms with Gasteiger partial charge in [0.2, 0.25) is 0 Å². The monoisotopic (exact) mass is 240 g/mol. The number of hydrogen-bond acceptors (Lipinski definition) is 4. The van der Waals surface area contributed by atoms with Crippen molar-refractivity contribution in [3.05, 3.63) is 29.6 Å². The molecule has 1 heterocycles. The minimum absolute atomic E-state index is 0.0144. The summed E-state index contributed by atoms with van der Waals surface area (Å²) in [7, 11) is 1.55. The standard InChI is InChI=1S/C12H17FN2O2/c1-16-11-3-2-8(13)6-9(11)12(14)10-7-17-5-4-15-10/h2-3,6,10,12,15H,4-5,7,14H2,1H3. The van der Waals surface area contributed by atoms with Gasteiger partial charge in [-0.2, -0.15) is 0 Å². The summed E-state index contributed by atoms with van der Waals surface area (Å²) in [6, 6.07) is 4.01. The fourth-order valence-corrected chi connectivity index (χ4v) is 2.00. The maximum Gasteiger partial charge on any atom is 0.123 e. The van der Waals surface area contributed by atoms with Gasteiger partial charge in [0, 0.05) is 18.2 Å². The first kappa shape index (κ1) is 12.3. The SMILES string of the molecule is COc1ccc(F)cc1C(N)C1COCCN1. The van der Waals surface area contributed by atoms with Gasteiger partial charge in [0.15, 0.2) is 0 Å². The predicted molar refractivity (Wildman–Crippen MR) is 62.5 cm³/mol. The van der Waals surface area contributed by atoms with E-state index in [-0.39, 0.29) is 17.9 Å². The van der Waals surface area contributed by atoms with Crippen LogP contribution in [0, 0.1) is 5.82 Å². The Kier molecular flexibility index (Phi) is 3.93. The molecule has 2 unspecified atom stereocenters. The Hall–Kier alpha value is -1.17. The lowest BCUT2D eigenvalue weighted by atomic mass is 9.99. The third kappa shape index (κ3) is 2.74. The zero-order valence-electron chi connectivity index (χ0n) is 9.78. The Balaban J connectivity index is 2.21. The summed E-state index contributed by atoms with van der Waals surface area (Å²) in [5, 5.41) is 3.26. The van der Waals surface area contributed by atoms with E-state index in [4.69, 9.17) is 15.2 Å². The third-order valence-electron chi connectivity index (χ3n) is 2.93. The number of halogens is 1. The van der Waals surface area contributed by atoms with Crippen molar-refractivity contribution < 1.29 is 13.9 Å². The normalized spacial score (nSPS) is 22.2. The summed E-state index contributed by atoms with van der Waals surface area (Å²) in [4.78, 5) is 0. The van der Waals surface area contributed by atoms with E-state index in [1.54, 1.807) is 13.2 Å². The average Bonchev–Trinajstić information content (AvgIpc) is 2.39. The molecular weight excluding hydrogens is 223 g/mol. The van der Waals surface area contributed by atoms with Gasteiger partial charge < -0.3 is 20.5 Å². The molecule has 0 radical (unpaired) electrons. The number of morpholine rings is 1. The zero-order valence-corrected chi connectivity index (χ0v) is 9.78. The highest BCUT2D eigenvalue weighted by atomic mass is 19.1. The molecule has 0 aromatic heterocycles. The fourth-order valence-electron chi connectivity index (χ4n) is 2.00. The number of nitrogens with one attached hydrogen (secondary N) is 1. The number of benzene rings is 1. The van der Waals surface area contributed by atoms with Crippen molar-refractivity contribution in [2.45, 2.75) is 12.1 Å². The van der Waals surface area contributed by atoms with Gasteiger partial charge >= 0.3 is 0 Å². The Morgan fingerprint density at radius 3 is 3.06 bits per heavy atom. The maximum atomic E-state index is 13.2. The molecule has 2 atom stereocenters. The highest BCUT2D eigenvalue weighted by Crippen LogP contribution is 2.27. The van der Waals surface area contributed by atoms with Gasteiger partial charge in [-0.05, 0) is 18.2 Å². The molecule has 5 heteroatoms. The van der Waals surface area contributed by atoms with Crippen LogP contribution in [0.5, 0.6) is 5.75 Å². The highest BCUT2D eigenvalue weighted by Gasteiger charge is 2.24. The Morgan fingerprint density at radius 1 is 1.59 bits per heavy atom. The number of methoxy groups -OCH3 is 1. The average molecular weight is 240 g/mol. The predicted octanol–water partition coefficient (Wildman–Crippen LogP) is 0.823. The van der Waals surface area contributed by atoms with Crippen molar-refractivity contribution in [2.24, 2.45) is 5.73 Å². The van der Waals surface area contributed by atoms with Crippen LogP contribution in [0.2, 0.25) is 0 Å². The van der Waals surface area contributed by atoms with Crippen molar-refractivity contribution in [3.63, 3.8) is 0 Å². The summed E-state index contributed by atoms with van der Waals surface area (Å²) in [5.74, 6) is 0.291. The fraction of sp³-hybridized carbons (Fsp3) is 0.500. The van der Waals surface area contributed by atoms with E-state index in [0.29, 0.717) is 24.5 Å². The molecule has 1 aromatic rings. The molecule has 0 spiro atoms. The topological polar surface area (TPSA) is 56.5 Å². The summed E-state index contributed by atoms with van der Waals surface area (Å²) in [5.41, 5.74) is 6.79. The summed E-state index contributed by atoms with van der Waals surface area (Å²) in [6.07, 6.45) is 0. The van der Waals surface area contributed by atoms with Crippen molar-refractivity contribution in [2.75, 3.05) is 26.9 Å². The molecule has 2 rings (SSSR count). The van der Waals surface area contributed by atoms with Crippen molar-refractivity contribution in [1.82, 2.24) is 5.32 Å². The molecule has 94 valence electrons. The largest absolute Gasteiger partial charge is 0.496 e. The lowest BCUT2D eigenvalue weighted by molar-refractivity contribution is 0.0682. The van der Waals surface area contributed by atoms with Crippen LogP contribution in [-0.2, 0) is 4.74 Å². The van der Waals surface area contributed by atoms with Crippen LogP contribution < -0.4 is 15.8 Å². The second-order valence-corrected chi connectivity index (χ2v) is 4.05. The van der Waals surface area contributed by atoms with Crippen LogP contribution in [-0.4, -0.2) is 32.9 Å². The molecule has 1 saturated heterocycles. The second kappa shape index (κ2) is 5.44. The maximum absolute atomic E-state index is 13.2. The van der Waals surface area contributed by atoms with Gasteiger partial charge in [-0.3, -0.25) is 0 Å². The quantitative estimate of drug-likeness (QED) is 0.821. The molecule has 3 N–H and O–H groups in total. The van der Waals surface area contributed by atoms with Crippen molar-refractivity contribution >= 4 is 0 Å². The summed E-state index contributed by atoms with van der Waals surface area (Å²) >= 11 is 0. The van der Waals surface area contributed by atoms with Gasteiger partial charge in [-0.25, -0.2) is 4.39 Å². The lowest BCUT2D eigenvalue weighted by Crippen LogP contribution is -2.47. The molecule has 1 fully saturated rings. The molecule has 1 aromatic carbocycles. The van der Waals surface area contributed by atoms with Gasteiger partial charge in [0.05, 0.1) is 26.4 Å². The number of rotatable bonds is 3. The summed E-state index contributed by atoms with van der Waals surface area (Å²) < 4.78 is 23.8. The Bertz CT molecular complexity index is 381. The minimum Gasteiger partial charge on any atom is -0.496 e. The minimum atomic E-state index is -0.346. The molecule has 0 aliphatic carbocycles. The smallest absolute Gasteiger partial charge is 0.123 e. The zero-order chi connectivity index (χ0) is 12.3. The van der Waals surface area contributed by atoms with E-state index in [2.05, 4.69) is 5.32 Å². The van der Waals surface area contributed by atoms with Crippen LogP contribution in [0.3, 0.4) is 0 Å². The summed E-state index contributed by atoms with van der Waals surface area (Å²) in [6.45, 7) is 1.97. The van der Waals surface area contributed by atoms with E-state index in [9.17, 15) is 4.39 Å². The van der Waals surface area contributed by atoms with Gasteiger partial charge in [-0.1, -0.05) is 0 Å². The van der Waals surface area contributed by atoms with E-state index in [1.165, 1.54) is 12.1 Å².